The molecule has 1 aromatic carbocycles. The molecule has 0 fully saturated rings. The maximum Gasteiger partial charge on any atom is 0.227 e. The van der Waals surface area contributed by atoms with E-state index in [9.17, 15) is 9.18 Å². The monoisotopic (exact) mass is 238 g/mol. The number of carbonyl (C=O) groups excluding carboxylic acids is 1. The Labute approximate surface area is 101 Å². The summed E-state index contributed by atoms with van der Waals surface area (Å²) in [7, 11) is 0. The summed E-state index contributed by atoms with van der Waals surface area (Å²) >= 11 is 0. The van der Waals surface area contributed by atoms with Crippen LogP contribution in [0.15, 0.2) is 24.3 Å². The Bertz CT molecular complexity index is 389. The third kappa shape index (κ3) is 3.53. The van der Waals surface area contributed by atoms with Crippen molar-refractivity contribution in [1.29, 1.82) is 0 Å². The van der Waals surface area contributed by atoms with Crippen LogP contribution in [0.5, 0.6) is 0 Å². The first-order valence-electron chi connectivity index (χ1n) is 5.74. The summed E-state index contributed by atoms with van der Waals surface area (Å²) in [6.45, 7) is 4.38. The molecule has 0 saturated carbocycles. The zero-order chi connectivity index (χ0) is 12.9. The standard InChI is InChI=1S/C13H19FN2O/c1-3-13(2,9-15)12(17)16-8-10-5-4-6-11(14)7-10/h4-7H,3,8-9,15H2,1-2H3,(H,16,17). The van der Waals surface area contributed by atoms with Gasteiger partial charge in [0.05, 0.1) is 5.41 Å². The van der Waals surface area contributed by atoms with Gasteiger partial charge >= 0.3 is 0 Å². The van der Waals surface area contributed by atoms with Crippen molar-refractivity contribution in [2.75, 3.05) is 6.54 Å². The topological polar surface area (TPSA) is 55.1 Å². The van der Waals surface area contributed by atoms with Gasteiger partial charge in [0.1, 0.15) is 5.82 Å². The maximum absolute atomic E-state index is 12.9. The minimum Gasteiger partial charge on any atom is -0.352 e. The molecule has 0 aromatic heterocycles. The molecule has 0 aliphatic heterocycles. The summed E-state index contributed by atoms with van der Waals surface area (Å²) in [5.74, 6) is -0.388. The average Bonchev–Trinajstić information content (AvgIpc) is 2.35. The van der Waals surface area contributed by atoms with E-state index in [1.54, 1.807) is 12.1 Å². The van der Waals surface area contributed by atoms with E-state index in [2.05, 4.69) is 5.32 Å². The number of amides is 1. The van der Waals surface area contributed by atoms with Crippen molar-refractivity contribution in [2.45, 2.75) is 26.8 Å². The molecule has 1 atom stereocenters. The van der Waals surface area contributed by atoms with Gasteiger partial charge in [-0.05, 0) is 31.0 Å². The van der Waals surface area contributed by atoms with E-state index in [0.29, 0.717) is 19.5 Å². The Morgan fingerprint density at radius 1 is 1.53 bits per heavy atom. The third-order valence-corrected chi connectivity index (χ3v) is 3.12. The molecule has 94 valence electrons. The lowest BCUT2D eigenvalue weighted by atomic mass is 9.86. The molecule has 1 aromatic rings. The molecular formula is C13H19FN2O. The summed E-state index contributed by atoms with van der Waals surface area (Å²) in [6.07, 6.45) is 0.679. The highest BCUT2D eigenvalue weighted by Crippen LogP contribution is 2.19. The van der Waals surface area contributed by atoms with E-state index in [1.807, 2.05) is 13.8 Å². The fourth-order valence-corrected chi connectivity index (χ4v) is 1.44. The second-order valence-electron chi connectivity index (χ2n) is 4.43. The van der Waals surface area contributed by atoms with Gasteiger partial charge in [-0.15, -0.1) is 0 Å². The maximum atomic E-state index is 12.9. The molecule has 3 N–H and O–H groups in total. The highest BCUT2D eigenvalue weighted by atomic mass is 19.1. The van der Waals surface area contributed by atoms with Crippen LogP contribution in [0.3, 0.4) is 0 Å². The normalized spacial score (nSPS) is 14.1. The van der Waals surface area contributed by atoms with Crippen LogP contribution in [0.2, 0.25) is 0 Å². The van der Waals surface area contributed by atoms with Crippen molar-refractivity contribution < 1.29 is 9.18 Å². The van der Waals surface area contributed by atoms with Crippen molar-refractivity contribution in [2.24, 2.45) is 11.1 Å². The highest BCUT2D eigenvalue weighted by Gasteiger charge is 2.29. The largest absolute Gasteiger partial charge is 0.352 e. The lowest BCUT2D eigenvalue weighted by molar-refractivity contribution is -0.130. The van der Waals surface area contributed by atoms with E-state index < -0.39 is 5.41 Å². The molecule has 0 aliphatic rings. The third-order valence-electron chi connectivity index (χ3n) is 3.12. The van der Waals surface area contributed by atoms with Crippen LogP contribution in [0, 0.1) is 11.2 Å². The van der Waals surface area contributed by atoms with Gasteiger partial charge in [0.2, 0.25) is 5.91 Å². The van der Waals surface area contributed by atoms with Gasteiger partial charge < -0.3 is 11.1 Å². The molecule has 0 radical (unpaired) electrons. The summed E-state index contributed by atoms with van der Waals surface area (Å²) in [4.78, 5) is 11.9. The molecule has 0 spiro atoms. The molecule has 0 bridgehead atoms. The van der Waals surface area contributed by atoms with Crippen LogP contribution in [0.25, 0.3) is 0 Å². The summed E-state index contributed by atoms with van der Waals surface area (Å²) in [5, 5.41) is 2.78. The zero-order valence-corrected chi connectivity index (χ0v) is 10.3. The van der Waals surface area contributed by atoms with Gasteiger partial charge in [0.25, 0.3) is 0 Å². The van der Waals surface area contributed by atoms with E-state index in [4.69, 9.17) is 5.73 Å². The first kappa shape index (κ1) is 13.6. The van der Waals surface area contributed by atoms with Crippen LogP contribution >= 0.6 is 0 Å². The predicted molar refractivity (Wildman–Crippen MR) is 65.7 cm³/mol. The number of nitrogens with one attached hydrogen (secondary N) is 1. The van der Waals surface area contributed by atoms with Crippen LogP contribution in [0.4, 0.5) is 4.39 Å². The van der Waals surface area contributed by atoms with Gasteiger partial charge in [0, 0.05) is 13.1 Å². The molecular weight excluding hydrogens is 219 g/mol. The van der Waals surface area contributed by atoms with Crippen LogP contribution in [-0.2, 0) is 11.3 Å². The number of carbonyl (C=O) groups is 1. The second kappa shape index (κ2) is 5.77. The summed E-state index contributed by atoms with van der Waals surface area (Å²) in [5.41, 5.74) is 5.79. The van der Waals surface area contributed by atoms with Gasteiger partial charge in [-0.1, -0.05) is 19.1 Å². The number of halogens is 1. The molecule has 0 heterocycles. The number of benzene rings is 1. The second-order valence-corrected chi connectivity index (χ2v) is 4.43. The van der Waals surface area contributed by atoms with Crippen LogP contribution in [0.1, 0.15) is 25.8 Å². The highest BCUT2D eigenvalue weighted by molar-refractivity contribution is 5.82. The molecule has 0 aliphatic carbocycles. The van der Waals surface area contributed by atoms with E-state index >= 15 is 0 Å². The molecule has 1 amide bonds. The number of hydrogen-bond acceptors (Lipinski definition) is 2. The smallest absolute Gasteiger partial charge is 0.227 e. The van der Waals surface area contributed by atoms with Crippen molar-refractivity contribution in [3.8, 4) is 0 Å². The van der Waals surface area contributed by atoms with Gasteiger partial charge in [-0.3, -0.25) is 4.79 Å². The molecule has 3 nitrogen and oxygen atoms in total. The summed E-state index contributed by atoms with van der Waals surface area (Å²) < 4.78 is 12.9. The molecule has 0 saturated heterocycles. The minimum absolute atomic E-state index is 0.0910. The molecule has 17 heavy (non-hydrogen) atoms. The first-order valence-corrected chi connectivity index (χ1v) is 5.74. The Hall–Kier alpha value is -1.42. The van der Waals surface area contributed by atoms with Crippen molar-refractivity contribution in [3.63, 3.8) is 0 Å². The lowest BCUT2D eigenvalue weighted by Gasteiger charge is -2.24. The van der Waals surface area contributed by atoms with E-state index in [-0.39, 0.29) is 11.7 Å². The van der Waals surface area contributed by atoms with Crippen molar-refractivity contribution >= 4 is 5.91 Å². The lowest BCUT2D eigenvalue weighted by Crippen LogP contribution is -2.43. The van der Waals surface area contributed by atoms with Gasteiger partial charge in [0.15, 0.2) is 0 Å². The molecule has 4 heteroatoms. The fraction of sp³-hybridized carbons (Fsp3) is 0.462. The quantitative estimate of drug-likeness (QED) is 0.822. The average molecular weight is 238 g/mol. The molecule has 1 rings (SSSR count). The van der Waals surface area contributed by atoms with E-state index in [0.717, 1.165) is 5.56 Å². The van der Waals surface area contributed by atoms with Crippen LogP contribution in [-0.4, -0.2) is 12.5 Å². The Balaban J connectivity index is 2.59. The van der Waals surface area contributed by atoms with Crippen molar-refractivity contribution in [3.05, 3.63) is 35.6 Å². The first-order chi connectivity index (χ1) is 8.01. The Kier molecular flexibility index (Phi) is 4.63. The number of hydrogen-bond donors (Lipinski definition) is 2. The van der Waals surface area contributed by atoms with Crippen molar-refractivity contribution in [1.82, 2.24) is 5.32 Å². The Morgan fingerprint density at radius 3 is 2.76 bits per heavy atom. The zero-order valence-electron chi connectivity index (χ0n) is 10.3. The minimum atomic E-state index is -0.548. The number of rotatable bonds is 5. The molecule has 1 unspecified atom stereocenters. The fourth-order valence-electron chi connectivity index (χ4n) is 1.44. The Morgan fingerprint density at radius 2 is 2.24 bits per heavy atom. The van der Waals surface area contributed by atoms with Crippen LogP contribution < -0.4 is 11.1 Å². The van der Waals surface area contributed by atoms with E-state index in [1.165, 1.54) is 12.1 Å². The van der Waals surface area contributed by atoms with Gasteiger partial charge in [-0.2, -0.15) is 0 Å². The summed E-state index contributed by atoms with van der Waals surface area (Å²) in [6, 6.07) is 6.18. The predicted octanol–water partition coefficient (Wildman–Crippen LogP) is 1.82. The number of nitrogens with two attached hydrogens (primary N) is 1. The van der Waals surface area contributed by atoms with Gasteiger partial charge in [-0.25, -0.2) is 4.39 Å². The SMILES string of the molecule is CCC(C)(CN)C(=O)NCc1cccc(F)c1.